The van der Waals surface area contributed by atoms with E-state index in [1.54, 1.807) is 14.2 Å². The topological polar surface area (TPSA) is 45.7 Å². The van der Waals surface area contributed by atoms with Crippen molar-refractivity contribution in [3.05, 3.63) is 29.3 Å². The van der Waals surface area contributed by atoms with Crippen molar-refractivity contribution in [3.8, 4) is 5.75 Å². The van der Waals surface area contributed by atoms with Gasteiger partial charge in [0.2, 0.25) is 0 Å². The fourth-order valence-corrected chi connectivity index (χ4v) is 2.15. The molecule has 4 nitrogen and oxygen atoms in total. The lowest BCUT2D eigenvalue weighted by Gasteiger charge is -2.23. The minimum Gasteiger partial charge on any atom is -0.496 e. The molecule has 0 aliphatic heterocycles. The molecule has 22 heavy (non-hydrogen) atoms. The molecule has 0 aliphatic rings. The van der Waals surface area contributed by atoms with Crippen molar-refractivity contribution >= 4 is 17.7 Å². The van der Waals surface area contributed by atoms with E-state index in [0.29, 0.717) is 0 Å². The molecule has 0 unspecified atom stereocenters. The zero-order valence-electron chi connectivity index (χ0n) is 14.6. The molecule has 0 bridgehead atoms. The van der Waals surface area contributed by atoms with Crippen LogP contribution in [0.15, 0.2) is 23.2 Å². The van der Waals surface area contributed by atoms with E-state index in [9.17, 15) is 0 Å². The first-order chi connectivity index (χ1) is 10.4. The van der Waals surface area contributed by atoms with Crippen molar-refractivity contribution in [1.29, 1.82) is 0 Å². The van der Waals surface area contributed by atoms with Crippen LogP contribution in [0.2, 0.25) is 0 Å². The van der Waals surface area contributed by atoms with Gasteiger partial charge in [-0.25, -0.2) is 0 Å². The van der Waals surface area contributed by atoms with Gasteiger partial charge in [-0.05, 0) is 50.6 Å². The monoisotopic (exact) mass is 323 g/mol. The lowest BCUT2D eigenvalue weighted by atomic mass is 10.1. The molecular formula is C17H29N3OS. The Balaban J connectivity index is 2.45. The van der Waals surface area contributed by atoms with Crippen LogP contribution in [0.1, 0.15) is 25.0 Å². The summed E-state index contributed by atoms with van der Waals surface area (Å²) in [6.07, 6.45) is 3.06. The average molecular weight is 324 g/mol. The fourth-order valence-electron chi connectivity index (χ4n) is 1.93. The normalized spacial score (nSPS) is 12.2. The molecule has 0 fully saturated rings. The average Bonchev–Trinajstić information content (AvgIpc) is 2.52. The number of aryl methyl sites for hydroxylation is 1. The number of hydrogen-bond donors (Lipinski definition) is 2. The first kappa shape index (κ1) is 18.7. The van der Waals surface area contributed by atoms with Crippen molar-refractivity contribution in [2.75, 3.05) is 33.5 Å². The van der Waals surface area contributed by atoms with Crippen LogP contribution in [0.5, 0.6) is 5.75 Å². The van der Waals surface area contributed by atoms with Crippen LogP contribution in [-0.2, 0) is 6.42 Å². The number of thioether (sulfide) groups is 1. The second kappa shape index (κ2) is 8.93. The molecule has 1 aromatic carbocycles. The quantitative estimate of drug-likeness (QED) is 0.598. The zero-order valence-corrected chi connectivity index (χ0v) is 15.4. The minimum atomic E-state index is 0.196. The number of rotatable bonds is 7. The smallest absolute Gasteiger partial charge is 0.191 e. The summed E-state index contributed by atoms with van der Waals surface area (Å²) in [4.78, 5) is 4.26. The van der Waals surface area contributed by atoms with Crippen LogP contribution in [-0.4, -0.2) is 44.2 Å². The van der Waals surface area contributed by atoms with Crippen LogP contribution in [0.25, 0.3) is 0 Å². The highest BCUT2D eigenvalue weighted by atomic mass is 32.2. The standard InChI is InChI=1S/C17H29N3OS/c1-13-7-8-14(11-15(13)21-5)9-10-19-16(18-4)20-12-17(2,3)22-6/h7-8,11H,9-10,12H2,1-6H3,(H2,18,19,20). The Hall–Kier alpha value is -1.36. The number of nitrogens with zero attached hydrogens (tertiary/aromatic N) is 1. The minimum absolute atomic E-state index is 0.196. The number of guanidine groups is 1. The van der Waals surface area contributed by atoms with E-state index in [4.69, 9.17) is 4.74 Å². The van der Waals surface area contributed by atoms with Crippen LogP contribution >= 0.6 is 11.8 Å². The number of methoxy groups -OCH3 is 1. The maximum Gasteiger partial charge on any atom is 0.191 e. The number of aliphatic imine (C=N–C) groups is 1. The second-order valence-electron chi connectivity index (χ2n) is 5.87. The summed E-state index contributed by atoms with van der Waals surface area (Å²) < 4.78 is 5.56. The van der Waals surface area contributed by atoms with E-state index in [1.807, 2.05) is 11.8 Å². The van der Waals surface area contributed by atoms with Crippen LogP contribution in [0.4, 0.5) is 0 Å². The first-order valence-electron chi connectivity index (χ1n) is 7.55. The third kappa shape index (κ3) is 6.18. The molecule has 0 atom stereocenters. The largest absolute Gasteiger partial charge is 0.496 e. The van der Waals surface area contributed by atoms with Gasteiger partial charge < -0.3 is 15.4 Å². The molecule has 0 amide bonds. The van der Waals surface area contributed by atoms with Gasteiger partial charge in [0.25, 0.3) is 0 Å². The molecule has 0 saturated carbocycles. The highest BCUT2D eigenvalue weighted by Gasteiger charge is 2.15. The van der Waals surface area contributed by atoms with Crippen molar-refractivity contribution in [1.82, 2.24) is 10.6 Å². The summed E-state index contributed by atoms with van der Waals surface area (Å²) in [6, 6.07) is 6.35. The van der Waals surface area contributed by atoms with E-state index < -0.39 is 0 Å². The highest BCUT2D eigenvalue weighted by molar-refractivity contribution is 7.99. The van der Waals surface area contributed by atoms with Gasteiger partial charge >= 0.3 is 0 Å². The van der Waals surface area contributed by atoms with Gasteiger partial charge in [0.1, 0.15) is 5.75 Å². The molecule has 0 heterocycles. The van der Waals surface area contributed by atoms with Crippen molar-refractivity contribution in [3.63, 3.8) is 0 Å². The Morgan fingerprint density at radius 1 is 1.32 bits per heavy atom. The molecule has 5 heteroatoms. The Bertz CT molecular complexity index is 501. The Morgan fingerprint density at radius 2 is 2.05 bits per heavy atom. The third-order valence-electron chi connectivity index (χ3n) is 3.64. The molecule has 1 rings (SSSR count). The second-order valence-corrected chi connectivity index (χ2v) is 7.38. The summed E-state index contributed by atoms with van der Waals surface area (Å²) >= 11 is 1.85. The van der Waals surface area contributed by atoms with Gasteiger partial charge in [-0.1, -0.05) is 12.1 Å². The highest BCUT2D eigenvalue weighted by Crippen LogP contribution is 2.20. The van der Waals surface area contributed by atoms with Gasteiger partial charge in [0.15, 0.2) is 5.96 Å². The summed E-state index contributed by atoms with van der Waals surface area (Å²) in [5, 5.41) is 6.73. The Labute approximate surface area is 139 Å². The molecule has 0 spiro atoms. The van der Waals surface area contributed by atoms with Gasteiger partial charge in [-0.15, -0.1) is 0 Å². The molecule has 0 aliphatic carbocycles. The number of benzene rings is 1. The summed E-state index contributed by atoms with van der Waals surface area (Å²) in [5.74, 6) is 1.79. The van der Waals surface area contributed by atoms with E-state index in [-0.39, 0.29) is 4.75 Å². The molecule has 0 saturated heterocycles. The van der Waals surface area contributed by atoms with Gasteiger partial charge in [0.05, 0.1) is 7.11 Å². The van der Waals surface area contributed by atoms with Crippen molar-refractivity contribution in [2.24, 2.45) is 4.99 Å². The lowest BCUT2D eigenvalue weighted by molar-refractivity contribution is 0.411. The molecule has 0 radical (unpaired) electrons. The van der Waals surface area contributed by atoms with Crippen molar-refractivity contribution < 1.29 is 4.74 Å². The van der Waals surface area contributed by atoms with Crippen LogP contribution in [0.3, 0.4) is 0 Å². The number of ether oxygens (including phenoxy) is 1. The number of hydrogen-bond acceptors (Lipinski definition) is 3. The molecular weight excluding hydrogens is 294 g/mol. The fraction of sp³-hybridized carbons (Fsp3) is 0.588. The lowest BCUT2D eigenvalue weighted by Crippen LogP contribution is -2.43. The maximum atomic E-state index is 5.36. The summed E-state index contributed by atoms with van der Waals surface area (Å²) in [6.45, 7) is 8.21. The molecule has 2 N–H and O–H groups in total. The predicted octanol–water partition coefficient (Wildman–Crippen LogP) is 2.85. The van der Waals surface area contributed by atoms with E-state index in [2.05, 4.69) is 60.9 Å². The number of nitrogens with one attached hydrogen (secondary N) is 2. The van der Waals surface area contributed by atoms with Gasteiger partial charge in [0, 0.05) is 24.9 Å². The summed E-state index contributed by atoms with van der Waals surface area (Å²) in [7, 11) is 3.51. The van der Waals surface area contributed by atoms with E-state index in [0.717, 1.165) is 36.8 Å². The SMILES string of the molecule is CN=C(NCCc1ccc(C)c(OC)c1)NCC(C)(C)SC. The maximum absolute atomic E-state index is 5.36. The Morgan fingerprint density at radius 3 is 2.64 bits per heavy atom. The zero-order chi connectivity index (χ0) is 16.6. The van der Waals surface area contributed by atoms with Crippen LogP contribution in [0, 0.1) is 6.92 Å². The van der Waals surface area contributed by atoms with Gasteiger partial charge in [-0.2, -0.15) is 11.8 Å². The first-order valence-corrected chi connectivity index (χ1v) is 8.77. The predicted molar refractivity (Wildman–Crippen MR) is 98.4 cm³/mol. The van der Waals surface area contributed by atoms with Gasteiger partial charge in [-0.3, -0.25) is 4.99 Å². The molecule has 0 aromatic heterocycles. The summed E-state index contributed by atoms with van der Waals surface area (Å²) in [5.41, 5.74) is 2.42. The Kier molecular flexibility index (Phi) is 7.59. The van der Waals surface area contributed by atoms with E-state index in [1.165, 1.54) is 5.56 Å². The molecule has 1 aromatic rings. The van der Waals surface area contributed by atoms with Crippen LogP contribution < -0.4 is 15.4 Å². The third-order valence-corrected chi connectivity index (χ3v) is 4.89. The van der Waals surface area contributed by atoms with Crippen molar-refractivity contribution in [2.45, 2.75) is 31.9 Å². The molecule has 124 valence electrons. The van der Waals surface area contributed by atoms with E-state index >= 15 is 0 Å².